The topological polar surface area (TPSA) is 75.8 Å². The third-order valence-electron chi connectivity index (χ3n) is 3.59. The van der Waals surface area contributed by atoms with Gasteiger partial charge in [-0.05, 0) is 35.9 Å². The molecule has 0 aliphatic carbocycles. The maximum absolute atomic E-state index is 13.2. The van der Waals surface area contributed by atoms with Gasteiger partial charge < -0.3 is 5.73 Å². The highest BCUT2D eigenvalue weighted by atomic mass is 19.1. The number of carbonyl (C=O) groups is 2. The van der Waals surface area contributed by atoms with Crippen molar-refractivity contribution in [2.45, 2.75) is 6.42 Å². The zero-order valence-electron chi connectivity index (χ0n) is 12.2. The van der Waals surface area contributed by atoms with Gasteiger partial charge >= 0.3 is 0 Å². The summed E-state index contributed by atoms with van der Waals surface area (Å²) in [6, 6.07) is 12.3. The highest BCUT2D eigenvalue weighted by Gasteiger charge is 2.23. The van der Waals surface area contributed by atoms with E-state index in [-0.39, 0.29) is 11.5 Å². The first-order valence-electron chi connectivity index (χ1n) is 7.10. The lowest BCUT2D eigenvalue weighted by Crippen LogP contribution is -2.23. The molecule has 116 valence electrons. The summed E-state index contributed by atoms with van der Waals surface area (Å²) in [6.45, 7) is 0.408. The van der Waals surface area contributed by atoms with Crippen LogP contribution in [-0.4, -0.2) is 29.1 Å². The molecule has 5 nitrogen and oxygen atoms in total. The predicted molar refractivity (Wildman–Crippen MR) is 83.6 cm³/mol. The number of rotatable bonds is 3. The quantitative estimate of drug-likeness (QED) is 0.943. The number of hydrazone groups is 1. The van der Waals surface area contributed by atoms with Gasteiger partial charge in [0.05, 0.1) is 12.3 Å². The Labute approximate surface area is 132 Å². The zero-order chi connectivity index (χ0) is 16.4. The van der Waals surface area contributed by atoms with Crippen LogP contribution in [0.5, 0.6) is 0 Å². The Bertz CT molecular complexity index is 817. The van der Waals surface area contributed by atoms with Gasteiger partial charge in [-0.1, -0.05) is 18.2 Å². The molecule has 0 atom stereocenters. The molecular formula is C17H14FN3O2. The van der Waals surface area contributed by atoms with E-state index in [9.17, 15) is 14.0 Å². The van der Waals surface area contributed by atoms with Gasteiger partial charge in [-0.15, -0.1) is 0 Å². The summed E-state index contributed by atoms with van der Waals surface area (Å²) >= 11 is 0. The molecule has 0 bridgehead atoms. The van der Waals surface area contributed by atoms with E-state index in [1.165, 1.54) is 23.2 Å². The van der Waals surface area contributed by atoms with Gasteiger partial charge in [0.2, 0.25) is 5.91 Å². The van der Waals surface area contributed by atoms with E-state index in [0.29, 0.717) is 24.2 Å². The SMILES string of the molecule is NC(=O)c1cccc(C2=NN(C(=O)c3cccc(F)c3)CC2)c1. The van der Waals surface area contributed by atoms with Crippen LogP contribution in [0, 0.1) is 5.82 Å². The highest BCUT2D eigenvalue weighted by molar-refractivity contribution is 6.05. The molecule has 0 saturated carbocycles. The fraction of sp³-hybridized carbons (Fsp3) is 0.118. The van der Waals surface area contributed by atoms with Gasteiger partial charge in [-0.3, -0.25) is 9.59 Å². The number of nitrogens with two attached hydrogens (primary N) is 1. The number of hydrogen-bond donors (Lipinski definition) is 1. The average Bonchev–Trinajstić information content (AvgIpc) is 3.04. The fourth-order valence-corrected chi connectivity index (χ4v) is 2.43. The Balaban J connectivity index is 1.85. The summed E-state index contributed by atoms with van der Waals surface area (Å²) in [5.41, 5.74) is 7.35. The van der Waals surface area contributed by atoms with E-state index in [2.05, 4.69) is 5.10 Å². The Morgan fingerprint density at radius 3 is 2.57 bits per heavy atom. The molecule has 2 amide bonds. The lowest BCUT2D eigenvalue weighted by molar-refractivity contribution is 0.0777. The molecule has 2 aromatic rings. The molecule has 1 aliphatic heterocycles. The maximum atomic E-state index is 13.2. The summed E-state index contributed by atoms with van der Waals surface area (Å²) in [5.74, 6) is -1.34. The third-order valence-corrected chi connectivity index (χ3v) is 3.59. The third kappa shape index (κ3) is 3.11. The minimum atomic E-state index is -0.516. The van der Waals surface area contributed by atoms with Crippen molar-refractivity contribution in [2.24, 2.45) is 10.8 Å². The number of halogens is 1. The van der Waals surface area contributed by atoms with Crippen LogP contribution < -0.4 is 5.73 Å². The molecule has 0 unspecified atom stereocenters. The average molecular weight is 311 g/mol. The first-order valence-corrected chi connectivity index (χ1v) is 7.10. The number of amides is 2. The van der Waals surface area contributed by atoms with Crippen LogP contribution >= 0.6 is 0 Å². The predicted octanol–water partition coefficient (Wildman–Crippen LogP) is 2.17. The maximum Gasteiger partial charge on any atom is 0.274 e. The second-order valence-corrected chi connectivity index (χ2v) is 5.18. The van der Waals surface area contributed by atoms with Crippen molar-refractivity contribution in [3.63, 3.8) is 0 Å². The monoisotopic (exact) mass is 311 g/mol. The minimum absolute atomic E-state index is 0.251. The summed E-state index contributed by atoms with van der Waals surface area (Å²) in [6.07, 6.45) is 0.559. The molecule has 0 saturated heterocycles. The van der Waals surface area contributed by atoms with Crippen molar-refractivity contribution in [3.8, 4) is 0 Å². The Hall–Kier alpha value is -3.02. The molecule has 2 aromatic carbocycles. The molecule has 23 heavy (non-hydrogen) atoms. The number of nitrogens with zero attached hydrogens (tertiary/aromatic N) is 2. The van der Waals surface area contributed by atoms with E-state index in [4.69, 9.17) is 5.73 Å². The molecule has 0 aromatic heterocycles. The van der Waals surface area contributed by atoms with Crippen molar-refractivity contribution in [2.75, 3.05) is 6.54 Å². The first-order chi connectivity index (χ1) is 11.0. The number of primary amides is 1. The van der Waals surface area contributed by atoms with Gasteiger partial charge in [0.15, 0.2) is 0 Å². The van der Waals surface area contributed by atoms with Crippen molar-refractivity contribution in [1.29, 1.82) is 0 Å². The molecule has 3 rings (SSSR count). The standard InChI is InChI=1S/C17H14FN3O2/c18-14-6-2-5-13(10-14)17(23)21-8-7-15(20-21)11-3-1-4-12(9-11)16(19)22/h1-6,9-10H,7-8H2,(H2,19,22). The van der Waals surface area contributed by atoms with Gasteiger partial charge in [-0.2, -0.15) is 5.10 Å². The van der Waals surface area contributed by atoms with E-state index in [1.807, 2.05) is 0 Å². The van der Waals surface area contributed by atoms with Crippen LogP contribution in [0.4, 0.5) is 4.39 Å². The van der Waals surface area contributed by atoms with E-state index >= 15 is 0 Å². The van der Waals surface area contributed by atoms with Crippen LogP contribution in [0.15, 0.2) is 53.6 Å². The lowest BCUT2D eigenvalue weighted by Gasteiger charge is -2.11. The summed E-state index contributed by atoms with van der Waals surface area (Å²) in [7, 11) is 0. The Morgan fingerprint density at radius 1 is 1.09 bits per heavy atom. The van der Waals surface area contributed by atoms with Crippen LogP contribution in [0.3, 0.4) is 0 Å². The molecular weight excluding hydrogens is 297 g/mol. The van der Waals surface area contributed by atoms with Crippen molar-refractivity contribution in [3.05, 3.63) is 71.0 Å². The molecule has 2 N–H and O–H groups in total. The number of benzene rings is 2. The molecule has 1 heterocycles. The van der Waals surface area contributed by atoms with Crippen molar-refractivity contribution >= 4 is 17.5 Å². The molecule has 6 heteroatoms. The largest absolute Gasteiger partial charge is 0.366 e. The van der Waals surface area contributed by atoms with E-state index in [0.717, 1.165) is 5.56 Å². The second-order valence-electron chi connectivity index (χ2n) is 5.18. The molecule has 1 aliphatic rings. The summed E-state index contributed by atoms with van der Waals surface area (Å²) in [4.78, 5) is 23.6. The van der Waals surface area contributed by atoms with E-state index in [1.54, 1.807) is 30.3 Å². The van der Waals surface area contributed by atoms with Crippen LogP contribution in [0.25, 0.3) is 0 Å². The lowest BCUT2D eigenvalue weighted by atomic mass is 10.0. The fourth-order valence-electron chi connectivity index (χ4n) is 2.43. The zero-order valence-corrected chi connectivity index (χ0v) is 12.2. The molecule has 0 radical (unpaired) electrons. The molecule has 0 fully saturated rings. The summed E-state index contributed by atoms with van der Waals surface area (Å²) < 4.78 is 13.2. The Morgan fingerprint density at radius 2 is 1.83 bits per heavy atom. The van der Waals surface area contributed by atoms with Gasteiger partial charge in [0.1, 0.15) is 5.82 Å². The number of carbonyl (C=O) groups excluding carboxylic acids is 2. The van der Waals surface area contributed by atoms with Crippen LogP contribution in [0.1, 0.15) is 32.7 Å². The molecule has 0 spiro atoms. The first kappa shape index (κ1) is 14.9. The summed E-state index contributed by atoms with van der Waals surface area (Å²) in [5, 5.41) is 5.60. The highest BCUT2D eigenvalue weighted by Crippen LogP contribution is 2.18. The van der Waals surface area contributed by atoms with Crippen LogP contribution in [0.2, 0.25) is 0 Å². The van der Waals surface area contributed by atoms with E-state index < -0.39 is 11.7 Å². The van der Waals surface area contributed by atoms with Crippen molar-refractivity contribution in [1.82, 2.24) is 5.01 Å². The van der Waals surface area contributed by atoms with Gasteiger partial charge in [0.25, 0.3) is 5.91 Å². The van der Waals surface area contributed by atoms with Gasteiger partial charge in [0, 0.05) is 17.5 Å². The minimum Gasteiger partial charge on any atom is -0.366 e. The normalized spacial score (nSPS) is 13.8. The Kier molecular flexibility index (Phi) is 3.89. The van der Waals surface area contributed by atoms with Crippen molar-refractivity contribution < 1.29 is 14.0 Å². The second kappa shape index (κ2) is 6.00. The number of hydrogen-bond acceptors (Lipinski definition) is 3. The van der Waals surface area contributed by atoms with Gasteiger partial charge in [-0.25, -0.2) is 9.40 Å². The van der Waals surface area contributed by atoms with Crippen LogP contribution in [-0.2, 0) is 0 Å². The smallest absolute Gasteiger partial charge is 0.274 e.